The van der Waals surface area contributed by atoms with Crippen molar-refractivity contribution in [3.8, 4) is 0 Å². The first-order valence-corrected chi connectivity index (χ1v) is 6.51. The summed E-state index contributed by atoms with van der Waals surface area (Å²) in [7, 11) is 1.36. The van der Waals surface area contributed by atoms with Crippen molar-refractivity contribution in [1.82, 2.24) is 4.98 Å². The molecule has 1 aromatic heterocycles. The maximum atomic E-state index is 11.6. The van der Waals surface area contributed by atoms with Crippen LogP contribution in [0.2, 0.25) is 0 Å². The Hall–Kier alpha value is -2.08. The zero-order chi connectivity index (χ0) is 14.1. The number of carbonyl (C=O) groups is 1. The number of esters is 1. The molecule has 0 bridgehead atoms. The first kappa shape index (κ1) is 12.9. The summed E-state index contributed by atoms with van der Waals surface area (Å²) in [6.07, 6.45) is -0.707. The molecule has 20 heavy (non-hydrogen) atoms. The average Bonchev–Trinajstić information content (AvgIpc) is 2.89. The molecule has 1 aromatic carbocycles. The van der Waals surface area contributed by atoms with Gasteiger partial charge in [-0.1, -0.05) is 12.1 Å². The monoisotopic (exact) mass is 276 g/mol. The Morgan fingerprint density at radius 2 is 2.20 bits per heavy atom. The lowest BCUT2D eigenvalue weighted by molar-refractivity contribution is -0.158. The van der Waals surface area contributed by atoms with E-state index in [4.69, 9.17) is 13.9 Å². The standard InChI is InChI=1S/C14H16N2O4/c1-9-7-16(8-12(19-9)13(17)18-2)14-15-10-5-3-4-6-11(10)20-14/h3-6,9,12H,7-8H2,1-2H3/t9-,12?/m1/s1. The van der Waals surface area contributed by atoms with E-state index in [0.29, 0.717) is 19.1 Å². The summed E-state index contributed by atoms with van der Waals surface area (Å²) in [4.78, 5) is 18.0. The average molecular weight is 276 g/mol. The van der Waals surface area contributed by atoms with Crippen LogP contribution >= 0.6 is 0 Å². The fraction of sp³-hybridized carbons (Fsp3) is 0.429. The van der Waals surface area contributed by atoms with Gasteiger partial charge in [-0.2, -0.15) is 4.98 Å². The molecule has 2 heterocycles. The molecule has 0 N–H and O–H groups in total. The number of carbonyl (C=O) groups excluding carboxylic acids is 1. The first-order chi connectivity index (χ1) is 9.67. The summed E-state index contributed by atoms with van der Waals surface area (Å²) in [5.74, 6) is -0.377. The van der Waals surface area contributed by atoms with E-state index in [0.717, 1.165) is 11.1 Å². The van der Waals surface area contributed by atoms with E-state index < -0.39 is 6.10 Å². The molecule has 6 heteroatoms. The summed E-state index contributed by atoms with van der Waals surface area (Å²) in [6, 6.07) is 8.08. The van der Waals surface area contributed by atoms with Gasteiger partial charge in [0.05, 0.1) is 19.8 Å². The van der Waals surface area contributed by atoms with Crippen LogP contribution in [-0.4, -0.2) is 43.4 Å². The SMILES string of the molecule is COC(=O)C1CN(c2nc3ccccc3o2)C[C@@H](C)O1. The number of rotatable bonds is 2. The van der Waals surface area contributed by atoms with Crippen molar-refractivity contribution in [2.45, 2.75) is 19.1 Å². The molecule has 6 nitrogen and oxygen atoms in total. The van der Waals surface area contributed by atoms with Crippen LogP contribution in [0.4, 0.5) is 6.01 Å². The highest BCUT2D eigenvalue weighted by Crippen LogP contribution is 2.24. The summed E-state index contributed by atoms with van der Waals surface area (Å²) in [5, 5.41) is 0. The minimum Gasteiger partial charge on any atom is -0.467 e. The number of aromatic nitrogens is 1. The zero-order valence-corrected chi connectivity index (χ0v) is 11.4. The number of hydrogen-bond acceptors (Lipinski definition) is 6. The topological polar surface area (TPSA) is 64.8 Å². The maximum Gasteiger partial charge on any atom is 0.336 e. The van der Waals surface area contributed by atoms with E-state index in [1.54, 1.807) is 0 Å². The van der Waals surface area contributed by atoms with Gasteiger partial charge in [-0.05, 0) is 19.1 Å². The Labute approximate surface area is 116 Å². The maximum absolute atomic E-state index is 11.6. The number of ether oxygens (including phenoxy) is 2. The van der Waals surface area contributed by atoms with Gasteiger partial charge in [0.15, 0.2) is 11.7 Å². The number of benzene rings is 1. The molecule has 3 rings (SSSR count). The molecule has 1 aliphatic heterocycles. The van der Waals surface area contributed by atoms with E-state index in [1.807, 2.05) is 36.1 Å². The Balaban J connectivity index is 1.86. The Bertz CT molecular complexity index is 591. The van der Waals surface area contributed by atoms with Crippen LogP contribution in [0.15, 0.2) is 28.7 Å². The third kappa shape index (κ3) is 2.34. The molecule has 1 saturated heterocycles. The first-order valence-electron chi connectivity index (χ1n) is 6.51. The highest BCUT2D eigenvalue weighted by molar-refractivity contribution is 5.76. The predicted molar refractivity (Wildman–Crippen MR) is 72.6 cm³/mol. The summed E-state index contributed by atoms with van der Waals surface area (Å²) >= 11 is 0. The van der Waals surface area contributed by atoms with Crippen LogP contribution in [0, 0.1) is 0 Å². The molecule has 1 aliphatic rings. The van der Waals surface area contributed by atoms with Crippen molar-refractivity contribution in [2.75, 3.05) is 25.1 Å². The van der Waals surface area contributed by atoms with Crippen molar-refractivity contribution in [3.05, 3.63) is 24.3 Å². The molecule has 0 radical (unpaired) electrons. The van der Waals surface area contributed by atoms with Gasteiger partial charge in [-0.15, -0.1) is 0 Å². The van der Waals surface area contributed by atoms with Crippen molar-refractivity contribution in [1.29, 1.82) is 0 Å². The summed E-state index contributed by atoms with van der Waals surface area (Å²) in [5.41, 5.74) is 1.53. The van der Waals surface area contributed by atoms with Crippen LogP contribution in [0.1, 0.15) is 6.92 Å². The molecule has 0 amide bonds. The van der Waals surface area contributed by atoms with Crippen molar-refractivity contribution < 1.29 is 18.7 Å². The van der Waals surface area contributed by atoms with Crippen LogP contribution in [0.5, 0.6) is 0 Å². The Morgan fingerprint density at radius 1 is 1.40 bits per heavy atom. The van der Waals surface area contributed by atoms with E-state index >= 15 is 0 Å². The molecule has 2 atom stereocenters. The quantitative estimate of drug-likeness (QED) is 0.776. The van der Waals surface area contributed by atoms with Crippen molar-refractivity contribution in [3.63, 3.8) is 0 Å². The van der Waals surface area contributed by atoms with E-state index in [9.17, 15) is 4.79 Å². The number of fused-ring (bicyclic) bond motifs is 1. The number of oxazole rings is 1. The normalized spacial score (nSPS) is 23.0. The van der Waals surface area contributed by atoms with Crippen LogP contribution in [0.25, 0.3) is 11.1 Å². The molecule has 106 valence electrons. The van der Waals surface area contributed by atoms with E-state index in [1.165, 1.54) is 7.11 Å². The number of methoxy groups -OCH3 is 1. The lowest BCUT2D eigenvalue weighted by Crippen LogP contribution is -2.50. The third-order valence-corrected chi connectivity index (χ3v) is 3.28. The summed E-state index contributed by atoms with van der Waals surface area (Å²) in [6.45, 7) is 2.91. The van der Waals surface area contributed by atoms with Gasteiger partial charge < -0.3 is 18.8 Å². The largest absolute Gasteiger partial charge is 0.467 e. The van der Waals surface area contributed by atoms with Gasteiger partial charge in [0, 0.05) is 6.54 Å². The highest BCUT2D eigenvalue weighted by atomic mass is 16.6. The second-order valence-corrected chi connectivity index (χ2v) is 4.83. The molecule has 0 spiro atoms. The Morgan fingerprint density at radius 3 is 2.95 bits per heavy atom. The van der Waals surface area contributed by atoms with Gasteiger partial charge in [-0.25, -0.2) is 4.79 Å². The molecule has 1 fully saturated rings. The zero-order valence-electron chi connectivity index (χ0n) is 11.4. The van der Waals surface area contributed by atoms with Gasteiger partial charge >= 0.3 is 5.97 Å². The fourth-order valence-electron chi connectivity index (χ4n) is 2.36. The molecular weight excluding hydrogens is 260 g/mol. The van der Waals surface area contributed by atoms with Crippen LogP contribution < -0.4 is 4.90 Å². The smallest absolute Gasteiger partial charge is 0.336 e. The molecule has 2 aromatic rings. The minimum atomic E-state index is -0.612. The molecule has 0 aliphatic carbocycles. The lowest BCUT2D eigenvalue weighted by atomic mass is 10.2. The number of para-hydroxylation sites is 2. The van der Waals surface area contributed by atoms with Gasteiger partial charge in [0.1, 0.15) is 5.52 Å². The molecule has 1 unspecified atom stereocenters. The van der Waals surface area contributed by atoms with E-state index in [2.05, 4.69) is 4.98 Å². The predicted octanol–water partition coefficient (Wildman–Crippen LogP) is 1.59. The van der Waals surface area contributed by atoms with E-state index in [-0.39, 0.29) is 12.1 Å². The Kier molecular flexibility index (Phi) is 3.31. The number of anilines is 1. The fourth-order valence-corrected chi connectivity index (χ4v) is 2.36. The number of morpholine rings is 1. The van der Waals surface area contributed by atoms with Crippen LogP contribution in [-0.2, 0) is 14.3 Å². The van der Waals surface area contributed by atoms with Crippen molar-refractivity contribution >= 4 is 23.1 Å². The molecular formula is C14H16N2O4. The van der Waals surface area contributed by atoms with Gasteiger partial charge in [0.2, 0.25) is 0 Å². The van der Waals surface area contributed by atoms with Crippen molar-refractivity contribution in [2.24, 2.45) is 0 Å². The second-order valence-electron chi connectivity index (χ2n) is 4.83. The summed E-state index contributed by atoms with van der Waals surface area (Å²) < 4.78 is 16.0. The second kappa shape index (κ2) is 5.13. The lowest BCUT2D eigenvalue weighted by Gasteiger charge is -2.34. The highest BCUT2D eigenvalue weighted by Gasteiger charge is 2.33. The van der Waals surface area contributed by atoms with Gasteiger partial charge in [0.25, 0.3) is 6.01 Å². The van der Waals surface area contributed by atoms with Gasteiger partial charge in [-0.3, -0.25) is 0 Å². The number of hydrogen-bond donors (Lipinski definition) is 0. The minimum absolute atomic E-state index is 0.0946. The third-order valence-electron chi connectivity index (χ3n) is 3.28. The molecule has 0 saturated carbocycles. The van der Waals surface area contributed by atoms with Crippen LogP contribution in [0.3, 0.4) is 0 Å². The number of nitrogens with zero attached hydrogens (tertiary/aromatic N) is 2.